The predicted octanol–water partition coefficient (Wildman–Crippen LogP) is 4.24. The second kappa shape index (κ2) is 16.7. The number of nitrogens with zero attached hydrogens (tertiary/aromatic N) is 1. The van der Waals surface area contributed by atoms with Crippen LogP contribution in [0.2, 0.25) is 0 Å². The summed E-state index contributed by atoms with van der Waals surface area (Å²) < 4.78 is 22.6. The highest BCUT2D eigenvalue weighted by molar-refractivity contribution is 8.17. The van der Waals surface area contributed by atoms with Gasteiger partial charge in [0.15, 0.2) is 10.2 Å². The summed E-state index contributed by atoms with van der Waals surface area (Å²) in [6, 6.07) is 0. The lowest BCUT2D eigenvalue weighted by molar-refractivity contribution is -0.870. The van der Waals surface area contributed by atoms with Crippen LogP contribution in [0.25, 0.3) is 0 Å². The van der Waals surface area contributed by atoms with E-state index in [4.69, 9.17) is 9.05 Å². The SMILES string of the molecule is CCCCCC(=O)SCC(COP(=O)([O-])OCC[N+](C)(C)C)SC(=O)CCCCC. The number of carbonyl (C=O) groups excluding carboxylic acids is 2. The molecule has 0 N–H and O–H groups in total. The van der Waals surface area contributed by atoms with Gasteiger partial charge in [0, 0.05) is 23.8 Å². The zero-order valence-electron chi connectivity index (χ0n) is 19.2. The predicted molar refractivity (Wildman–Crippen MR) is 125 cm³/mol. The van der Waals surface area contributed by atoms with Crippen molar-refractivity contribution in [3.8, 4) is 0 Å². The Hall–Kier alpha value is 0.110. The third-order valence-electron chi connectivity index (χ3n) is 4.13. The van der Waals surface area contributed by atoms with E-state index in [1.807, 2.05) is 21.1 Å². The molecule has 0 aliphatic carbocycles. The number of phosphoric acid groups is 1. The maximum atomic E-state index is 12.2. The van der Waals surface area contributed by atoms with Gasteiger partial charge < -0.3 is 18.4 Å². The van der Waals surface area contributed by atoms with Gasteiger partial charge in [-0.2, -0.15) is 0 Å². The minimum Gasteiger partial charge on any atom is -0.756 e. The summed E-state index contributed by atoms with van der Waals surface area (Å²) in [4.78, 5) is 36.3. The van der Waals surface area contributed by atoms with E-state index in [2.05, 4.69) is 13.8 Å². The van der Waals surface area contributed by atoms with Crippen LogP contribution in [0, 0.1) is 0 Å². The molecule has 0 saturated carbocycles. The average Bonchev–Trinajstić information content (AvgIpc) is 2.63. The number of carbonyl (C=O) groups is 2. The largest absolute Gasteiger partial charge is 0.756 e. The molecule has 2 unspecified atom stereocenters. The lowest BCUT2D eigenvalue weighted by Crippen LogP contribution is -2.37. The van der Waals surface area contributed by atoms with E-state index in [0.717, 1.165) is 62.0 Å². The molecule has 10 heteroatoms. The smallest absolute Gasteiger partial charge is 0.268 e. The van der Waals surface area contributed by atoms with Crippen molar-refractivity contribution < 1.29 is 32.6 Å². The van der Waals surface area contributed by atoms with Crippen LogP contribution in [0.5, 0.6) is 0 Å². The first-order valence-corrected chi connectivity index (χ1v) is 14.1. The van der Waals surface area contributed by atoms with Gasteiger partial charge in [-0.25, -0.2) is 0 Å². The molecule has 2 atom stereocenters. The minimum atomic E-state index is -4.45. The van der Waals surface area contributed by atoms with Crippen LogP contribution in [-0.4, -0.2) is 66.6 Å². The highest BCUT2D eigenvalue weighted by Crippen LogP contribution is 2.39. The number of thioether (sulfide) groups is 2. The number of phosphoric ester groups is 1. The van der Waals surface area contributed by atoms with E-state index in [1.54, 1.807) is 0 Å². The number of quaternary nitrogens is 1. The van der Waals surface area contributed by atoms with E-state index in [9.17, 15) is 19.0 Å². The highest BCUT2D eigenvalue weighted by atomic mass is 32.2. The van der Waals surface area contributed by atoms with Crippen molar-refractivity contribution in [2.75, 3.05) is 46.7 Å². The Morgan fingerprint density at radius 2 is 1.53 bits per heavy atom. The lowest BCUT2D eigenvalue weighted by atomic mass is 10.2. The summed E-state index contributed by atoms with van der Waals surface area (Å²) in [6.07, 6.45) is 6.66. The first kappa shape index (κ1) is 30.1. The molecular weight excluding hydrogens is 445 g/mol. The van der Waals surface area contributed by atoms with E-state index >= 15 is 0 Å². The molecule has 30 heavy (non-hydrogen) atoms. The van der Waals surface area contributed by atoms with Crippen LogP contribution in [-0.2, 0) is 23.2 Å². The normalized spacial score (nSPS) is 15.0. The van der Waals surface area contributed by atoms with Crippen molar-refractivity contribution in [3.05, 3.63) is 0 Å². The first-order chi connectivity index (χ1) is 14.0. The summed E-state index contributed by atoms with van der Waals surface area (Å²) in [5, 5.41) is -0.344. The van der Waals surface area contributed by atoms with Crippen molar-refractivity contribution in [1.82, 2.24) is 0 Å². The van der Waals surface area contributed by atoms with Gasteiger partial charge in [-0.1, -0.05) is 63.1 Å². The molecule has 7 nitrogen and oxygen atoms in total. The number of hydrogen-bond donors (Lipinski definition) is 0. The fourth-order valence-corrected chi connectivity index (χ4v) is 5.14. The van der Waals surface area contributed by atoms with Crippen LogP contribution in [0.1, 0.15) is 65.2 Å². The van der Waals surface area contributed by atoms with Crippen molar-refractivity contribution in [2.24, 2.45) is 0 Å². The van der Waals surface area contributed by atoms with E-state index in [0.29, 0.717) is 29.6 Å². The Kier molecular flexibility index (Phi) is 16.8. The molecule has 0 fully saturated rings. The number of likely N-dealkylation sites (N-methyl/N-ethyl adjacent to an activating group) is 1. The molecule has 0 aromatic rings. The summed E-state index contributed by atoms with van der Waals surface area (Å²) in [5.41, 5.74) is 0. The molecule has 0 rings (SSSR count). The van der Waals surface area contributed by atoms with E-state index < -0.39 is 13.1 Å². The highest BCUT2D eigenvalue weighted by Gasteiger charge is 2.21. The minimum absolute atomic E-state index is 0.00256. The molecule has 0 aromatic carbocycles. The Morgan fingerprint density at radius 1 is 0.967 bits per heavy atom. The fourth-order valence-electron chi connectivity index (χ4n) is 2.30. The van der Waals surface area contributed by atoms with E-state index in [1.165, 1.54) is 0 Å². The van der Waals surface area contributed by atoms with Crippen LogP contribution < -0.4 is 4.89 Å². The summed E-state index contributed by atoms with van der Waals surface area (Å²) in [6.45, 7) is 4.52. The van der Waals surface area contributed by atoms with Gasteiger partial charge in [0.1, 0.15) is 13.2 Å². The number of rotatable bonds is 18. The topological polar surface area (TPSA) is 92.7 Å². The van der Waals surface area contributed by atoms with Gasteiger partial charge in [0.25, 0.3) is 7.82 Å². The zero-order chi connectivity index (χ0) is 23.0. The third-order valence-corrected chi connectivity index (χ3v) is 7.50. The molecule has 0 aromatic heterocycles. The van der Waals surface area contributed by atoms with Crippen LogP contribution in [0.3, 0.4) is 0 Å². The molecule has 0 bridgehead atoms. The molecule has 0 amide bonds. The number of hydrogen-bond acceptors (Lipinski definition) is 8. The van der Waals surface area contributed by atoms with Gasteiger partial charge in [0.2, 0.25) is 0 Å². The monoisotopic (exact) mass is 485 g/mol. The Bertz CT molecular complexity index is 542. The summed E-state index contributed by atoms with van der Waals surface area (Å²) in [5.74, 6) is 0.341. The van der Waals surface area contributed by atoms with Gasteiger partial charge >= 0.3 is 0 Å². The molecule has 0 spiro atoms. The summed E-state index contributed by atoms with van der Waals surface area (Å²) in [7, 11) is 1.36. The number of unbranched alkanes of at least 4 members (excludes halogenated alkanes) is 4. The standard InChI is InChI=1S/C20H40NO6PS2/c1-6-8-10-12-19(22)29-17-18(30-20(23)13-11-9-7-2)16-27-28(24,25)26-15-14-21(3,4)5/h18H,6-17H2,1-5H3. The van der Waals surface area contributed by atoms with Gasteiger partial charge in [-0.15, -0.1) is 0 Å². The molecule has 0 saturated heterocycles. The second-order valence-corrected chi connectivity index (χ2v) is 12.1. The average molecular weight is 486 g/mol. The third kappa shape index (κ3) is 18.8. The van der Waals surface area contributed by atoms with Gasteiger partial charge in [0.05, 0.1) is 27.7 Å². The van der Waals surface area contributed by atoms with Crippen molar-refractivity contribution in [1.29, 1.82) is 0 Å². The fraction of sp³-hybridized carbons (Fsp3) is 0.900. The maximum Gasteiger partial charge on any atom is 0.268 e. The van der Waals surface area contributed by atoms with Crippen LogP contribution in [0.15, 0.2) is 0 Å². The lowest BCUT2D eigenvalue weighted by Gasteiger charge is -2.28. The van der Waals surface area contributed by atoms with Crippen LogP contribution in [0.4, 0.5) is 0 Å². The van der Waals surface area contributed by atoms with Crippen LogP contribution >= 0.6 is 31.3 Å². The van der Waals surface area contributed by atoms with Crippen molar-refractivity contribution in [3.63, 3.8) is 0 Å². The van der Waals surface area contributed by atoms with Gasteiger partial charge in [-0.05, 0) is 12.8 Å². The molecule has 0 radical (unpaired) electrons. The Morgan fingerprint density at radius 3 is 2.07 bits per heavy atom. The van der Waals surface area contributed by atoms with Crippen molar-refractivity contribution in [2.45, 2.75) is 70.5 Å². The van der Waals surface area contributed by atoms with Gasteiger partial charge in [-0.3, -0.25) is 14.2 Å². The Balaban J connectivity index is 4.63. The van der Waals surface area contributed by atoms with E-state index in [-0.39, 0.29) is 23.4 Å². The second-order valence-electron chi connectivity index (χ2n) is 8.30. The molecule has 0 heterocycles. The molecular formula is C20H40NO6PS2. The molecule has 0 aliphatic rings. The molecule has 178 valence electrons. The first-order valence-electron chi connectivity index (χ1n) is 10.7. The zero-order valence-corrected chi connectivity index (χ0v) is 21.8. The summed E-state index contributed by atoms with van der Waals surface area (Å²) >= 11 is 2.23. The molecule has 0 aliphatic heterocycles. The quantitative estimate of drug-likeness (QED) is 0.162. The Labute approximate surface area is 191 Å². The maximum absolute atomic E-state index is 12.2. The van der Waals surface area contributed by atoms with Crippen molar-refractivity contribution >= 4 is 41.6 Å².